The number of anilines is 1. The van der Waals surface area contributed by atoms with Crippen LogP contribution in [0.4, 0.5) is 5.00 Å². The summed E-state index contributed by atoms with van der Waals surface area (Å²) in [7, 11) is 1.55. The average molecular weight is 427 g/mol. The topological polar surface area (TPSA) is 62.1 Å². The predicted molar refractivity (Wildman–Crippen MR) is 107 cm³/mol. The number of nitrogens with one attached hydrogen (secondary N) is 1. The van der Waals surface area contributed by atoms with E-state index >= 15 is 0 Å². The lowest BCUT2D eigenvalue weighted by atomic mass is 10.1. The predicted octanol–water partition coefficient (Wildman–Crippen LogP) is 5.29. The first-order valence-corrected chi connectivity index (χ1v) is 9.86. The number of nitrogens with zero attached hydrogens (tertiary/aromatic N) is 1. The molecule has 4 rings (SSSR count). The Morgan fingerprint density at radius 1 is 1.35 bits per heavy atom. The quantitative estimate of drug-likeness (QED) is 0.618. The summed E-state index contributed by atoms with van der Waals surface area (Å²) in [6.45, 7) is 0. The van der Waals surface area contributed by atoms with Crippen LogP contribution in [-0.4, -0.2) is 13.0 Å². The minimum Gasteiger partial charge on any atom is -0.495 e. The van der Waals surface area contributed by atoms with Crippen LogP contribution >= 0.6 is 27.3 Å². The highest BCUT2D eigenvalue weighted by Gasteiger charge is 2.25. The van der Waals surface area contributed by atoms with E-state index in [0.717, 1.165) is 40.1 Å². The second-order valence-corrected chi connectivity index (χ2v) is 8.02. The molecule has 3 aromatic rings. The van der Waals surface area contributed by atoms with Gasteiger partial charge in [-0.15, -0.1) is 11.3 Å². The van der Waals surface area contributed by atoms with E-state index in [-0.39, 0.29) is 5.91 Å². The summed E-state index contributed by atoms with van der Waals surface area (Å²) in [5, 5.41) is 15.0. The van der Waals surface area contributed by atoms with Crippen molar-refractivity contribution in [3.8, 4) is 11.8 Å². The number of benzene rings is 2. The van der Waals surface area contributed by atoms with Gasteiger partial charge in [-0.05, 0) is 57.6 Å². The number of hydrogen-bond acceptors (Lipinski definition) is 4. The number of halogens is 1. The third-order valence-corrected chi connectivity index (χ3v) is 6.64. The first kappa shape index (κ1) is 17.1. The Morgan fingerprint density at radius 3 is 2.92 bits per heavy atom. The van der Waals surface area contributed by atoms with Gasteiger partial charge in [0, 0.05) is 4.88 Å². The molecule has 0 bridgehead atoms. The van der Waals surface area contributed by atoms with Crippen LogP contribution in [0.5, 0.6) is 5.75 Å². The lowest BCUT2D eigenvalue weighted by molar-refractivity contribution is 0.102. The standard InChI is InChI=1S/C20H15BrN2O2S/c1-25-18-14(9-11-5-2-3-6-12(11)17(18)21)19(24)23-20-15(10-22)13-7-4-8-16(13)26-20/h2-3,5-6,9H,4,7-8H2,1H3,(H,23,24). The zero-order valence-electron chi connectivity index (χ0n) is 14.1. The number of methoxy groups -OCH3 is 1. The van der Waals surface area contributed by atoms with Crippen molar-refractivity contribution < 1.29 is 9.53 Å². The number of ether oxygens (including phenoxy) is 1. The van der Waals surface area contributed by atoms with Crippen molar-refractivity contribution in [1.29, 1.82) is 5.26 Å². The Hall–Kier alpha value is -2.36. The van der Waals surface area contributed by atoms with Gasteiger partial charge in [0.1, 0.15) is 16.8 Å². The van der Waals surface area contributed by atoms with Crippen LogP contribution in [0.15, 0.2) is 34.8 Å². The van der Waals surface area contributed by atoms with Crippen molar-refractivity contribution in [3.63, 3.8) is 0 Å². The highest BCUT2D eigenvalue weighted by molar-refractivity contribution is 9.10. The molecule has 0 fully saturated rings. The molecule has 1 aliphatic carbocycles. The van der Waals surface area contributed by atoms with Gasteiger partial charge in [0.2, 0.25) is 0 Å². The van der Waals surface area contributed by atoms with Crippen molar-refractivity contribution in [3.05, 3.63) is 56.4 Å². The van der Waals surface area contributed by atoms with Crippen LogP contribution in [0.2, 0.25) is 0 Å². The fourth-order valence-electron chi connectivity index (χ4n) is 3.43. The number of thiophene rings is 1. The van der Waals surface area contributed by atoms with Crippen LogP contribution in [0.1, 0.15) is 32.8 Å². The van der Waals surface area contributed by atoms with Crippen molar-refractivity contribution in [1.82, 2.24) is 0 Å². The van der Waals surface area contributed by atoms with E-state index in [2.05, 4.69) is 27.3 Å². The van der Waals surface area contributed by atoms with Crippen molar-refractivity contribution in [2.45, 2.75) is 19.3 Å². The summed E-state index contributed by atoms with van der Waals surface area (Å²) >= 11 is 5.07. The molecule has 0 saturated heterocycles. The van der Waals surface area contributed by atoms with E-state index < -0.39 is 0 Å². The van der Waals surface area contributed by atoms with Crippen molar-refractivity contribution >= 4 is 48.9 Å². The lowest BCUT2D eigenvalue weighted by Crippen LogP contribution is -2.13. The van der Waals surface area contributed by atoms with Crippen LogP contribution in [-0.2, 0) is 12.8 Å². The Morgan fingerprint density at radius 2 is 2.15 bits per heavy atom. The molecule has 1 aliphatic rings. The van der Waals surface area contributed by atoms with Gasteiger partial charge >= 0.3 is 0 Å². The maximum atomic E-state index is 13.0. The van der Waals surface area contributed by atoms with Gasteiger partial charge in [-0.2, -0.15) is 5.26 Å². The van der Waals surface area contributed by atoms with Crippen LogP contribution in [0, 0.1) is 11.3 Å². The zero-order valence-corrected chi connectivity index (χ0v) is 16.5. The number of fused-ring (bicyclic) bond motifs is 2. The summed E-state index contributed by atoms with van der Waals surface area (Å²) < 4.78 is 6.24. The number of carbonyl (C=O) groups excluding carboxylic acids is 1. The van der Waals surface area contributed by atoms with Crippen LogP contribution in [0.25, 0.3) is 10.8 Å². The number of hydrogen-bond donors (Lipinski definition) is 1. The summed E-state index contributed by atoms with van der Waals surface area (Å²) in [6.07, 6.45) is 2.97. The van der Waals surface area contributed by atoms with Gasteiger partial charge in [0.15, 0.2) is 0 Å². The Labute approximate surface area is 163 Å². The highest BCUT2D eigenvalue weighted by atomic mass is 79.9. The second kappa shape index (κ2) is 6.75. The molecule has 0 spiro atoms. The number of amides is 1. The molecule has 0 saturated carbocycles. The molecular weight excluding hydrogens is 412 g/mol. The molecule has 0 atom stereocenters. The molecule has 0 unspecified atom stereocenters. The molecule has 130 valence electrons. The fourth-order valence-corrected chi connectivity index (χ4v) is 5.40. The fraction of sp³-hybridized carbons (Fsp3) is 0.200. The zero-order chi connectivity index (χ0) is 18.3. The van der Waals surface area contributed by atoms with E-state index in [1.165, 1.54) is 16.2 Å². The molecule has 1 N–H and O–H groups in total. The summed E-state index contributed by atoms with van der Waals surface area (Å²) in [5.41, 5.74) is 2.14. The smallest absolute Gasteiger partial charge is 0.260 e. The molecule has 1 aromatic heterocycles. The molecule has 0 aliphatic heterocycles. The molecule has 0 radical (unpaired) electrons. The maximum Gasteiger partial charge on any atom is 0.260 e. The number of carbonyl (C=O) groups is 1. The van der Waals surface area contributed by atoms with E-state index in [1.54, 1.807) is 7.11 Å². The van der Waals surface area contributed by atoms with E-state index in [1.807, 2.05) is 30.3 Å². The van der Waals surface area contributed by atoms with E-state index in [0.29, 0.717) is 21.9 Å². The Kier molecular flexibility index (Phi) is 4.43. The number of nitriles is 1. The first-order chi connectivity index (χ1) is 12.6. The molecule has 1 amide bonds. The molecular formula is C20H15BrN2O2S. The minimum absolute atomic E-state index is 0.273. The average Bonchev–Trinajstić information content (AvgIpc) is 3.22. The van der Waals surface area contributed by atoms with Gasteiger partial charge in [0.05, 0.1) is 22.7 Å². The van der Waals surface area contributed by atoms with Gasteiger partial charge in [0.25, 0.3) is 5.91 Å². The first-order valence-electron chi connectivity index (χ1n) is 8.25. The third-order valence-electron chi connectivity index (χ3n) is 4.65. The third kappa shape index (κ3) is 2.68. The summed E-state index contributed by atoms with van der Waals surface area (Å²) in [4.78, 5) is 14.2. The van der Waals surface area contributed by atoms with Gasteiger partial charge < -0.3 is 10.1 Å². The normalized spacial score (nSPS) is 12.7. The van der Waals surface area contributed by atoms with E-state index in [4.69, 9.17) is 4.74 Å². The molecule has 1 heterocycles. The van der Waals surface area contributed by atoms with Gasteiger partial charge in [-0.25, -0.2) is 0 Å². The minimum atomic E-state index is -0.273. The largest absolute Gasteiger partial charge is 0.495 e. The monoisotopic (exact) mass is 426 g/mol. The van der Waals surface area contributed by atoms with Crippen molar-refractivity contribution in [2.75, 3.05) is 12.4 Å². The molecule has 4 nitrogen and oxygen atoms in total. The van der Waals surface area contributed by atoms with Gasteiger partial charge in [-0.1, -0.05) is 24.3 Å². The highest BCUT2D eigenvalue weighted by Crippen LogP contribution is 2.40. The molecule has 26 heavy (non-hydrogen) atoms. The summed E-state index contributed by atoms with van der Waals surface area (Å²) in [6, 6.07) is 11.9. The number of aryl methyl sites for hydroxylation is 1. The van der Waals surface area contributed by atoms with Gasteiger partial charge in [-0.3, -0.25) is 4.79 Å². The van der Waals surface area contributed by atoms with E-state index in [9.17, 15) is 10.1 Å². The Bertz CT molecular complexity index is 1080. The maximum absolute atomic E-state index is 13.0. The lowest BCUT2D eigenvalue weighted by Gasteiger charge is -2.13. The Balaban J connectivity index is 1.77. The van der Waals surface area contributed by atoms with Crippen LogP contribution in [0.3, 0.4) is 0 Å². The SMILES string of the molecule is COc1c(C(=O)Nc2sc3c(c2C#N)CCC3)cc2ccccc2c1Br. The van der Waals surface area contributed by atoms with Crippen molar-refractivity contribution in [2.24, 2.45) is 0 Å². The molecule has 6 heteroatoms. The molecule has 2 aromatic carbocycles. The summed E-state index contributed by atoms with van der Waals surface area (Å²) in [5.74, 6) is 0.216. The number of rotatable bonds is 3. The van der Waals surface area contributed by atoms with Crippen LogP contribution < -0.4 is 10.1 Å². The second-order valence-electron chi connectivity index (χ2n) is 6.12.